The summed E-state index contributed by atoms with van der Waals surface area (Å²) in [6.07, 6.45) is 1.37. The van der Waals surface area contributed by atoms with Crippen molar-refractivity contribution in [2.45, 2.75) is 13.0 Å². The van der Waals surface area contributed by atoms with Gasteiger partial charge in [-0.1, -0.05) is 0 Å². The molecule has 3 aromatic heterocycles. The monoisotopic (exact) mass is 218 g/mol. The maximum Gasteiger partial charge on any atom is 0.0910 e. The predicted octanol–water partition coefficient (Wildman–Crippen LogP) is 2.83. The Morgan fingerprint density at radius 3 is 3.20 bits per heavy atom. The van der Waals surface area contributed by atoms with Crippen molar-refractivity contribution < 1.29 is 5.11 Å². The zero-order valence-electron chi connectivity index (χ0n) is 8.19. The average Bonchev–Trinajstić information content (AvgIpc) is 2.82. The van der Waals surface area contributed by atoms with Gasteiger partial charge in [0.1, 0.15) is 0 Å². The first-order valence-corrected chi connectivity index (χ1v) is 5.66. The fraction of sp³-hybridized carbons (Fsp3) is 0.182. The summed E-state index contributed by atoms with van der Waals surface area (Å²) in [6, 6.07) is 3.95. The Morgan fingerprint density at radius 2 is 2.40 bits per heavy atom. The van der Waals surface area contributed by atoms with Gasteiger partial charge in [-0.15, -0.1) is 11.3 Å². The third-order valence-corrected chi connectivity index (χ3v) is 3.45. The summed E-state index contributed by atoms with van der Waals surface area (Å²) in [5.74, 6) is 0. The lowest BCUT2D eigenvalue weighted by Crippen LogP contribution is -1.89. The molecular weight excluding hydrogens is 208 g/mol. The van der Waals surface area contributed by atoms with E-state index in [2.05, 4.69) is 9.97 Å². The lowest BCUT2D eigenvalue weighted by Gasteiger charge is -1.97. The molecular formula is C11H10N2OS. The van der Waals surface area contributed by atoms with Gasteiger partial charge in [0.05, 0.1) is 21.8 Å². The van der Waals surface area contributed by atoms with Crippen LogP contribution in [0.2, 0.25) is 0 Å². The molecule has 76 valence electrons. The van der Waals surface area contributed by atoms with E-state index in [0.29, 0.717) is 0 Å². The molecule has 0 spiro atoms. The number of thiophene rings is 1. The molecule has 15 heavy (non-hydrogen) atoms. The summed E-state index contributed by atoms with van der Waals surface area (Å²) in [6.45, 7) is 1.75. The maximum atomic E-state index is 9.50. The molecule has 0 unspecified atom stereocenters. The van der Waals surface area contributed by atoms with Crippen molar-refractivity contribution >= 4 is 32.5 Å². The number of rotatable bonds is 1. The van der Waals surface area contributed by atoms with Gasteiger partial charge in [0.25, 0.3) is 0 Å². The second-order valence-corrected chi connectivity index (χ2v) is 4.54. The highest BCUT2D eigenvalue weighted by Crippen LogP contribution is 2.29. The number of aromatic nitrogens is 2. The number of aromatic amines is 1. The molecule has 0 saturated carbocycles. The topological polar surface area (TPSA) is 48.9 Å². The summed E-state index contributed by atoms with van der Waals surface area (Å²) in [7, 11) is 0. The van der Waals surface area contributed by atoms with Gasteiger partial charge in [0.2, 0.25) is 0 Å². The zero-order valence-corrected chi connectivity index (χ0v) is 9.01. The maximum absolute atomic E-state index is 9.50. The predicted molar refractivity (Wildman–Crippen MR) is 62.1 cm³/mol. The van der Waals surface area contributed by atoms with E-state index in [1.54, 1.807) is 18.3 Å². The van der Waals surface area contributed by atoms with Crippen LogP contribution in [0.1, 0.15) is 18.7 Å². The minimum Gasteiger partial charge on any atom is -0.387 e. The molecule has 3 heterocycles. The molecule has 4 heteroatoms. The van der Waals surface area contributed by atoms with Gasteiger partial charge in [0, 0.05) is 17.3 Å². The average molecular weight is 218 g/mol. The number of aliphatic hydroxyl groups excluding tert-OH is 1. The van der Waals surface area contributed by atoms with Gasteiger partial charge in [-0.25, -0.2) is 0 Å². The quantitative estimate of drug-likeness (QED) is 0.659. The van der Waals surface area contributed by atoms with Crippen molar-refractivity contribution in [2.24, 2.45) is 0 Å². The standard InChI is InChI=1S/C11H10N2OS/c1-6(14)9-4-7-5-12-8-2-3-15-11(8)10(7)13-9/h2-6,13-14H,1H3/t6-/m1/s1. The first-order chi connectivity index (χ1) is 7.25. The highest BCUT2D eigenvalue weighted by Gasteiger charge is 2.09. The lowest BCUT2D eigenvalue weighted by atomic mass is 10.2. The highest BCUT2D eigenvalue weighted by molar-refractivity contribution is 7.18. The molecule has 3 aromatic rings. The van der Waals surface area contributed by atoms with Crippen molar-refractivity contribution in [2.75, 3.05) is 0 Å². The fourth-order valence-corrected chi connectivity index (χ4v) is 2.60. The summed E-state index contributed by atoms with van der Waals surface area (Å²) in [4.78, 5) is 7.60. The first-order valence-electron chi connectivity index (χ1n) is 4.78. The first kappa shape index (κ1) is 8.88. The Kier molecular flexibility index (Phi) is 1.81. The van der Waals surface area contributed by atoms with E-state index >= 15 is 0 Å². The smallest absolute Gasteiger partial charge is 0.0910 e. The third kappa shape index (κ3) is 1.26. The Balaban J connectivity index is 2.41. The second-order valence-electron chi connectivity index (χ2n) is 3.62. The Hall–Kier alpha value is -1.39. The van der Waals surface area contributed by atoms with Gasteiger partial charge < -0.3 is 10.1 Å². The summed E-state index contributed by atoms with van der Waals surface area (Å²) in [5.41, 5.74) is 2.92. The minimum absolute atomic E-state index is 0.465. The largest absolute Gasteiger partial charge is 0.387 e. The summed E-state index contributed by atoms with van der Waals surface area (Å²) < 4.78 is 1.15. The Morgan fingerprint density at radius 1 is 1.53 bits per heavy atom. The summed E-state index contributed by atoms with van der Waals surface area (Å²) in [5, 5.41) is 12.6. The van der Waals surface area contributed by atoms with Crippen LogP contribution in [0.3, 0.4) is 0 Å². The van der Waals surface area contributed by atoms with Crippen LogP contribution in [0.5, 0.6) is 0 Å². The number of H-pyrrole nitrogens is 1. The van der Waals surface area contributed by atoms with Crippen LogP contribution in [-0.4, -0.2) is 15.1 Å². The summed E-state index contributed by atoms with van der Waals surface area (Å²) >= 11 is 1.67. The van der Waals surface area contributed by atoms with Crippen molar-refractivity contribution in [3.63, 3.8) is 0 Å². The molecule has 0 saturated heterocycles. The molecule has 3 rings (SSSR count). The van der Waals surface area contributed by atoms with Crippen LogP contribution in [0.25, 0.3) is 21.1 Å². The van der Waals surface area contributed by atoms with Gasteiger partial charge in [-0.2, -0.15) is 0 Å². The number of nitrogens with one attached hydrogen (secondary N) is 1. The van der Waals surface area contributed by atoms with Crippen LogP contribution in [-0.2, 0) is 0 Å². The van der Waals surface area contributed by atoms with Gasteiger partial charge >= 0.3 is 0 Å². The molecule has 0 aliphatic rings. The number of pyridine rings is 1. The third-order valence-electron chi connectivity index (χ3n) is 2.53. The van der Waals surface area contributed by atoms with Gasteiger partial charge in [-0.3, -0.25) is 4.98 Å². The SMILES string of the molecule is C[C@@H](O)c1cc2cnc3ccsc3c2[nH]1. The van der Waals surface area contributed by atoms with E-state index in [1.807, 2.05) is 23.7 Å². The van der Waals surface area contributed by atoms with Crippen LogP contribution in [0, 0.1) is 0 Å². The van der Waals surface area contributed by atoms with Crippen molar-refractivity contribution in [3.05, 3.63) is 29.4 Å². The fourth-order valence-electron chi connectivity index (χ4n) is 1.74. The second kappa shape index (κ2) is 3.05. The number of hydrogen-bond donors (Lipinski definition) is 2. The normalized spacial score (nSPS) is 13.7. The zero-order chi connectivity index (χ0) is 10.4. The number of fused-ring (bicyclic) bond motifs is 3. The Labute approximate surface area is 90.4 Å². The van der Waals surface area contributed by atoms with Gasteiger partial charge in [0.15, 0.2) is 0 Å². The van der Waals surface area contributed by atoms with Crippen LogP contribution in [0.15, 0.2) is 23.7 Å². The molecule has 0 fully saturated rings. The van der Waals surface area contributed by atoms with E-state index in [-0.39, 0.29) is 0 Å². The van der Waals surface area contributed by atoms with E-state index in [0.717, 1.165) is 26.8 Å². The van der Waals surface area contributed by atoms with Crippen LogP contribution < -0.4 is 0 Å². The molecule has 1 atom stereocenters. The molecule has 0 amide bonds. The van der Waals surface area contributed by atoms with E-state index in [9.17, 15) is 5.11 Å². The van der Waals surface area contributed by atoms with Gasteiger partial charge in [-0.05, 0) is 24.4 Å². The van der Waals surface area contributed by atoms with Crippen molar-refractivity contribution in [1.29, 1.82) is 0 Å². The molecule has 0 radical (unpaired) electrons. The lowest BCUT2D eigenvalue weighted by molar-refractivity contribution is 0.195. The highest BCUT2D eigenvalue weighted by atomic mass is 32.1. The van der Waals surface area contributed by atoms with E-state index in [4.69, 9.17) is 0 Å². The number of aliphatic hydroxyl groups is 1. The molecule has 3 nitrogen and oxygen atoms in total. The molecule has 0 aromatic carbocycles. The van der Waals surface area contributed by atoms with Crippen molar-refractivity contribution in [1.82, 2.24) is 9.97 Å². The molecule has 0 aliphatic heterocycles. The van der Waals surface area contributed by atoms with Crippen LogP contribution >= 0.6 is 11.3 Å². The minimum atomic E-state index is -0.465. The number of hydrogen-bond acceptors (Lipinski definition) is 3. The molecule has 2 N–H and O–H groups in total. The van der Waals surface area contributed by atoms with Crippen LogP contribution in [0.4, 0.5) is 0 Å². The van der Waals surface area contributed by atoms with E-state index < -0.39 is 6.10 Å². The number of nitrogens with zero attached hydrogens (tertiary/aromatic N) is 1. The van der Waals surface area contributed by atoms with E-state index in [1.165, 1.54) is 0 Å². The van der Waals surface area contributed by atoms with Crippen molar-refractivity contribution in [3.8, 4) is 0 Å². The molecule has 0 bridgehead atoms. The Bertz CT molecular complexity index is 624. The molecule has 0 aliphatic carbocycles.